The van der Waals surface area contributed by atoms with Crippen LogP contribution in [0.25, 0.3) is 0 Å². The van der Waals surface area contributed by atoms with Gasteiger partial charge in [0.25, 0.3) is 0 Å². The van der Waals surface area contributed by atoms with Gasteiger partial charge in [0.2, 0.25) is 0 Å². The molecule has 1 heterocycles. The van der Waals surface area contributed by atoms with Crippen molar-refractivity contribution in [3.05, 3.63) is 41.4 Å². The van der Waals surface area contributed by atoms with E-state index in [2.05, 4.69) is 11.1 Å². The normalized spacial score (nSPS) is 10.0. The highest BCUT2D eigenvalue weighted by atomic mass is 35.5. The summed E-state index contributed by atoms with van der Waals surface area (Å²) in [6.07, 6.45) is 0.382. The summed E-state index contributed by atoms with van der Waals surface area (Å²) in [6.45, 7) is 0.530. The monoisotopic (exact) mass is 305 g/mol. The molecule has 4 nitrogen and oxygen atoms in total. The van der Waals surface area contributed by atoms with Crippen molar-refractivity contribution in [2.75, 3.05) is 17.3 Å². The Balaban J connectivity index is 2.30. The van der Waals surface area contributed by atoms with E-state index in [4.69, 9.17) is 16.9 Å². The van der Waals surface area contributed by atoms with Crippen LogP contribution in [0.15, 0.2) is 35.7 Å². The number of hydrogen-bond donors (Lipinski definition) is 0. The van der Waals surface area contributed by atoms with E-state index in [0.29, 0.717) is 23.8 Å². The smallest absolute Gasteiger partial charge is 0.196 e. The van der Waals surface area contributed by atoms with Gasteiger partial charge in [0.15, 0.2) is 10.9 Å². The molecule has 102 valence electrons. The summed E-state index contributed by atoms with van der Waals surface area (Å²) in [5, 5.41) is 11.2. The van der Waals surface area contributed by atoms with Crippen LogP contribution in [0, 0.1) is 11.3 Å². The molecule has 1 aromatic heterocycles. The summed E-state index contributed by atoms with van der Waals surface area (Å²) in [5.41, 5.74) is 1.32. The molecule has 0 radical (unpaired) electrons. The van der Waals surface area contributed by atoms with Crippen molar-refractivity contribution in [1.29, 1.82) is 5.26 Å². The molecule has 0 atom stereocenters. The SMILES string of the molecule is N#CCCN(c1ccccc1)c1nc(C(=O)CCl)cs1. The number of rotatable bonds is 6. The summed E-state index contributed by atoms with van der Waals surface area (Å²) in [6, 6.07) is 11.8. The molecule has 0 saturated heterocycles. The number of alkyl halides is 1. The summed E-state index contributed by atoms with van der Waals surface area (Å²) in [7, 11) is 0. The van der Waals surface area contributed by atoms with Gasteiger partial charge in [-0.2, -0.15) is 5.26 Å². The minimum absolute atomic E-state index is 0.0767. The molecule has 0 aliphatic carbocycles. The van der Waals surface area contributed by atoms with Crippen LogP contribution in [0.4, 0.5) is 10.8 Å². The molecule has 2 aromatic rings. The number of hydrogen-bond acceptors (Lipinski definition) is 5. The Morgan fingerprint density at radius 1 is 1.40 bits per heavy atom. The van der Waals surface area contributed by atoms with Crippen molar-refractivity contribution < 1.29 is 4.79 Å². The molecule has 0 aliphatic rings. The molecule has 1 aromatic carbocycles. The molecular weight excluding hydrogens is 294 g/mol. The summed E-state index contributed by atoms with van der Waals surface area (Å²) in [4.78, 5) is 17.8. The Morgan fingerprint density at radius 3 is 2.80 bits per heavy atom. The standard InChI is InChI=1S/C14H12ClN3OS/c15-9-13(19)12-10-20-14(17-12)18(8-4-7-16)11-5-2-1-3-6-11/h1-3,5-6,10H,4,8-9H2. The number of thiazole rings is 1. The first-order valence-electron chi connectivity index (χ1n) is 6.00. The third-order valence-electron chi connectivity index (χ3n) is 2.65. The van der Waals surface area contributed by atoms with E-state index in [1.54, 1.807) is 5.38 Å². The van der Waals surface area contributed by atoms with Crippen molar-refractivity contribution in [2.45, 2.75) is 6.42 Å². The molecule has 0 N–H and O–H groups in total. The molecule has 20 heavy (non-hydrogen) atoms. The number of aromatic nitrogens is 1. The molecule has 6 heteroatoms. The molecule has 0 bridgehead atoms. The quantitative estimate of drug-likeness (QED) is 0.604. The van der Waals surface area contributed by atoms with Gasteiger partial charge >= 0.3 is 0 Å². The number of Topliss-reactive ketones (excluding diaryl/α,β-unsaturated/α-hetero) is 1. The molecule has 0 saturated carbocycles. The van der Waals surface area contributed by atoms with Gasteiger partial charge in [0.1, 0.15) is 5.69 Å². The largest absolute Gasteiger partial charge is 0.317 e. The number of carbonyl (C=O) groups is 1. The van der Waals surface area contributed by atoms with E-state index in [9.17, 15) is 4.79 Å². The van der Waals surface area contributed by atoms with Crippen molar-refractivity contribution >= 4 is 39.5 Å². The number of anilines is 2. The van der Waals surface area contributed by atoms with Crippen LogP contribution < -0.4 is 4.90 Å². The second kappa shape index (κ2) is 7.04. The van der Waals surface area contributed by atoms with Crippen molar-refractivity contribution in [3.8, 4) is 6.07 Å². The van der Waals surface area contributed by atoms with E-state index >= 15 is 0 Å². The highest BCUT2D eigenvalue weighted by Crippen LogP contribution is 2.28. The number of nitriles is 1. The fraction of sp³-hybridized carbons (Fsp3) is 0.214. The Labute approximate surface area is 126 Å². The van der Waals surface area contributed by atoms with E-state index < -0.39 is 0 Å². The van der Waals surface area contributed by atoms with Crippen molar-refractivity contribution in [3.63, 3.8) is 0 Å². The summed E-state index contributed by atoms with van der Waals surface area (Å²) < 4.78 is 0. The van der Waals surface area contributed by atoms with Crippen LogP contribution in [0.2, 0.25) is 0 Å². The zero-order valence-electron chi connectivity index (χ0n) is 10.6. The van der Waals surface area contributed by atoms with Crippen molar-refractivity contribution in [1.82, 2.24) is 4.98 Å². The lowest BCUT2D eigenvalue weighted by molar-refractivity contribution is 0.101. The van der Waals surface area contributed by atoms with Gasteiger partial charge in [-0.1, -0.05) is 18.2 Å². The van der Waals surface area contributed by atoms with E-state index in [1.165, 1.54) is 11.3 Å². The predicted octanol–water partition coefficient (Wildman–Crippen LogP) is 3.62. The van der Waals surface area contributed by atoms with E-state index in [-0.39, 0.29) is 11.7 Å². The number of ketones is 1. The highest BCUT2D eigenvalue weighted by Gasteiger charge is 2.15. The second-order valence-electron chi connectivity index (χ2n) is 3.97. The van der Waals surface area contributed by atoms with Crippen LogP contribution in [-0.2, 0) is 0 Å². The minimum Gasteiger partial charge on any atom is -0.317 e. The van der Waals surface area contributed by atoms with Gasteiger partial charge in [-0.25, -0.2) is 4.98 Å². The maximum atomic E-state index is 11.5. The highest BCUT2D eigenvalue weighted by molar-refractivity contribution is 7.14. The summed E-state index contributed by atoms with van der Waals surface area (Å²) >= 11 is 6.91. The minimum atomic E-state index is -0.192. The maximum Gasteiger partial charge on any atom is 0.196 e. The van der Waals surface area contributed by atoms with Crippen LogP contribution in [-0.4, -0.2) is 23.2 Å². The molecule has 2 rings (SSSR count). The van der Waals surface area contributed by atoms with E-state index in [1.807, 2.05) is 35.2 Å². The van der Waals surface area contributed by atoms with Crippen LogP contribution in [0.1, 0.15) is 16.9 Å². The lowest BCUT2D eigenvalue weighted by atomic mass is 10.3. The van der Waals surface area contributed by atoms with Crippen LogP contribution in [0.3, 0.4) is 0 Å². The first-order valence-corrected chi connectivity index (χ1v) is 7.42. The van der Waals surface area contributed by atoms with E-state index in [0.717, 1.165) is 5.69 Å². The van der Waals surface area contributed by atoms with Gasteiger partial charge < -0.3 is 4.90 Å². The first-order chi connectivity index (χ1) is 9.76. The van der Waals surface area contributed by atoms with Crippen LogP contribution >= 0.6 is 22.9 Å². The molecule has 0 amide bonds. The third-order valence-corrected chi connectivity index (χ3v) is 3.75. The maximum absolute atomic E-state index is 11.5. The average Bonchev–Trinajstić information content (AvgIpc) is 2.98. The first kappa shape index (κ1) is 14.5. The molecule has 0 fully saturated rings. The fourth-order valence-electron chi connectivity index (χ4n) is 1.69. The Kier molecular flexibility index (Phi) is 5.10. The van der Waals surface area contributed by atoms with Gasteiger partial charge in [0.05, 0.1) is 18.4 Å². The average molecular weight is 306 g/mol. The molecular formula is C14H12ClN3OS. The number of para-hydroxylation sites is 1. The van der Waals surface area contributed by atoms with Gasteiger partial charge in [-0.3, -0.25) is 4.79 Å². The van der Waals surface area contributed by atoms with Crippen LogP contribution in [0.5, 0.6) is 0 Å². The second-order valence-corrected chi connectivity index (χ2v) is 5.07. The zero-order chi connectivity index (χ0) is 14.4. The molecule has 0 unspecified atom stereocenters. The topological polar surface area (TPSA) is 57.0 Å². The number of nitrogens with zero attached hydrogens (tertiary/aromatic N) is 3. The lowest BCUT2D eigenvalue weighted by Crippen LogP contribution is -2.18. The Morgan fingerprint density at radius 2 is 2.15 bits per heavy atom. The number of benzene rings is 1. The fourth-order valence-corrected chi connectivity index (χ4v) is 2.70. The molecule has 0 aliphatic heterocycles. The van der Waals surface area contributed by atoms with Crippen molar-refractivity contribution in [2.24, 2.45) is 0 Å². The Hall–Kier alpha value is -1.90. The van der Waals surface area contributed by atoms with Gasteiger partial charge in [-0.15, -0.1) is 22.9 Å². The van der Waals surface area contributed by atoms with Gasteiger partial charge in [0, 0.05) is 17.6 Å². The van der Waals surface area contributed by atoms with Gasteiger partial charge in [-0.05, 0) is 12.1 Å². The Bertz CT molecular complexity index is 621. The lowest BCUT2D eigenvalue weighted by Gasteiger charge is -2.20. The zero-order valence-corrected chi connectivity index (χ0v) is 12.2. The number of carbonyl (C=O) groups excluding carboxylic acids is 1. The summed E-state index contributed by atoms with van der Waals surface area (Å²) in [5.74, 6) is -0.269. The number of halogens is 1. The molecule has 0 spiro atoms. The predicted molar refractivity (Wildman–Crippen MR) is 80.8 cm³/mol. The third kappa shape index (κ3) is 3.35.